The quantitative estimate of drug-likeness (QED) is 0.688. The standard InChI is InChI=1S/C12H10N4O/c1-7-10(5-8(13)6-14-7)9-3-2-4-11-12(9)16-17-15-11/h2-6H,13H2,1H3. The minimum Gasteiger partial charge on any atom is -0.397 e. The highest BCUT2D eigenvalue weighted by Crippen LogP contribution is 2.29. The number of rotatable bonds is 1. The number of fused-ring (bicyclic) bond motifs is 1. The van der Waals surface area contributed by atoms with Gasteiger partial charge in [0.05, 0.1) is 11.9 Å². The van der Waals surface area contributed by atoms with E-state index in [1.54, 1.807) is 6.20 Å². The van der Waals surface area contributed by atoms with E-state index in [1.165, 1.54) is 0 Å². The van der Waals surface area contributed by atoms with Gasteiger partial charge in [-0.15, -0.1) is 0 Å². The van der Waals surface area contributed by atoms with Crippen LogP contribution in [0.1, 0.15) is 5.69 Å². The Hall–Kier alpha value is -2.43. The van der Waals surface area contributed by atoms with Crippen LogP contribution in [0.4, 0.5) is 5.69 Å². The molecule has 0 aliphatic carbocycles. The highest BCUT2D eigenvalue weighted by Gasteiger charge is 2.11. The molecule has 1 aromatic carbocycles. The number of nitrogen functional groups attached to an aromatic ring is 1. The van der Waals surface area contributed by atoms with E-state index in [4.69, 9.17) is 10.4 Å². The van der Waals surface area contributed by atoms with Crippen LogP contribution in [0.5, 0.6) is 0 Å². The Kier molecular flexibility index (Phi) is 2.04. The molecule has 0 radical (unpaired) electrons. The lowest BCUT2D eigenvalue weighted by molar-refractivity contribution is 0.315. The highest BCUT2D eigenvalue weighted by molar-refractivity contribution is 5.92. The maximum Gasteiger partial charge on any atom is 0.143 e. The first-order chi connectivity index (χ1) is 8.25. The lowest BCUT2D eigenvalue weighted by atomic mass is 10.0. The Morgan fingerprint density at radius 3 is 2.94 bits per heavy atom. The Labute approximate surface area is 97.2 Å². The first-order valence-electron chi connectivity index (χ1n) is 5.19. The fourth-order valence-electron chi connectivity index (χ4n) is 1.85. The molecule has 0 bridgehead atoms. The summed E-state index contributed by atoms with van der Waals surface area (Å²) in [6.45, 7) is 1.93. The van der Waals surface area contributed by atoms with Crippen molar-refractivity contribution in [2.45, 2.75) is 6.92 Å². The summed E-state index contributed by atoms with van der Waals surface area (Å²) in [5.74, 6) is 0. The Morgan fingerprint density at radius 2 is 2.06 bits per heavy atom. The van der Waals surface area contributed by atoms with Crippen LogP contribution in [0.25, 0.3) is 22.2 Å². The summed E-state index contributed by atoms with van der Waals surface area (Å²) in [4.78, 5) is 4.24. The molecule has 0 saturated heterocycles. The van der Waals surface area contributed by atoms with E-state index in [1.807, 2.05) is 31.2 Å². The monoisotopic (exact) mass is 226 g/mol. The third-order valence-electron chi connectivity index (χ3n) is 2.68. The van der Waals surface area contributed by atoms with Crippen LogP contribution in [-0.2, 0) is 0 Å². The molecule has 84 valence electrons. The summed E-state index contributed by atoms with van der Waals surface area (Å²) >= 11 is 0. The summed E-state index contributed by atoms with van der Waals surface area (Å²) in [6.07, 6.45) is 1.64. The average Bonchev–Trinajstić information content (AvgIpc) is 2.80. The van der Waals surface area contributed by atoms with Gasteiger partial charge in [0.1, 0.15) is 11.0 Å². The van der Waals surface area contributed by atoms with Crippen molar-refractivity contribution in [1.29, 1.82) is 0 Å². The second-order valence-corrected chi connectivity index (χ2v) is 3.84. The van der Waals surface area contributed by atoms with Crippen molar-refractivity contribution >= 4 is 16.7 Å². The molecular formula is C12H10N4O. The molecule has 0 aliphatic heterocycles. The van der Waals surface area contributed by atoms with E-state index >= 15 is 0 Å². The van der Waals surface area contributed by atoms with Crippen LogP contribution < -0.4 is 5.73 Å². The molecule has 3 rings (SSSR count). The summed E-state index contributed by atoms with van der Waals surface area (Å²) in [5, 5.41) is 7.73. The molecule has 0 amide bonds. The predicted molar refractivity (Wildman–Crippen MR) is 64.2 cm³/mol. The molecule has 5 heteroatoms. The zero-order valence-electron chi connectivity index (χ0n) is 9.21. The molecule has 5 nitrogen and oxygen atoms in total. The van der Waals surface area contributed by atoms with Crippen LogP contribution in [0, 0.1) is 6.92 Å². The number of hydrogen-bond donors (Lipinski definition) is 1. The second-order valence-electron chi connectivity index (χ2n) is 3.84. The van der Waals surface area contributed by atoms with Gasteiger partial charge in [0.15, 0.2) is 0 Å². The molecule has 3 aromatic rings. The lowest BCUT2D eigenvalue weighted by Crippen LogP contribution is -1.93. The molecule has 2 heterocycles. The van der Waals surface area contributed by atoms with Gasteiger partial charge in [-0.3, -0.25) is 4.98 Å². The van der Waals surface area contributed by atoms with E-state index in [0.29, 0.717) is 5.69 Å². The van der Waals surface area contributed by atoms with Crippen molar-refractivity contribution in [2.75, 3.05) is 5.73 Å². The lowest BCUT2D eigenvalue weighted by Gasteiger charge is -2.06. The molecule has 0 aliphatic rings. The van der Waals surface area contributed by atoms with E-state index in [9.17, 15) is 0 Å². The van der Waals surface area contributed by atoms with E-state index < -0.39 is 0 Å². The van der Waals surface area contributed by atoms with E-state index in [-0.39, 0.29) is 0 Å². The number of aryl methyl sites for hydroxylation is 1. The minimum absolute atomic E-state index is 0.624. The number of benzene rings is 1. The summed E-state index contributed by atoms with van der Waals surface area (Å²) < 4.78 is 4.75. The number of anilines is 1. The zero-order valence-corrected chi connectivity index (χ0v) is 9.21. The molecule has 0 spiro atoms. The highest BCUT2D eigenvalue weighted by atomic mass is 16.6. The van der Waals surface area contributed by atoms with Gasteiger partial charge in [-0.1, -0.05) is 12.1 Å². The summed E-state index contributed by atoms with van der Waals surface area (Å²) in [7, 11) is 0. The SMILES string of the molecule is Cc1ncc(N)cc1-c1cccc2nonc12. The first-order valence-corrected chi connectivity index (χ1v) is 5.19. The number of nitrogens with two attached hydrogens (primary N) is 1. The molecule has 0 atom stereocenters. The molecule has 2 N–H and O–H groups in total. The molecule has 2 aromatic heterocycles. The van der Waals surface area contributed by atoms with Crippen molar-refractivity contribution in [3.05, 3.63) is 36.2 Å². The van der Waals surface area contributed by atoms with Crippen molar-refractivity contribution in [3.63, 3.8) is 0 Å². The topological polar surface area (TPSA) is 77.8 Å². The Morgan fingerprint density at radius 1 is 1.18 bits per heavy atom. The third kappa shape index (κ3) is 1.52. The van der Waals surface area contributed by atoms with Gasteiger partial charge in [-0.25, -0.2) is 4.63 Å². The molecule has 17 heavy (non-hydrogen) atoms. The minimum atomic E-state index is 0.624. The van der Waals surface area contributed by atoms with Gasteiger partial charge in [-0.2, -0.15) is 0 Å². The summed E-state index contributed by atoms with van der Waals surface area (Å²) in [5.41, 5.74) is 10.6. The van der Waals surface area contributed by atoms with Crippen LogP contribution in [0.15, 0.2) is 35.1 Å². The predicted octanol–water partition coefficient (Wildman–Crippen LogP) is 2.18. The van der Waals surface area contributed by atoms with Gasteiger partial charge >= 0.3 is 0 Å². The van der Waals surface area contributed by atoms with Crippen molar-refractivity contribution < 1.29 is 4.63 Å². The number of pyridine rings is 1. The first kappa shape index (κ1) is 9.77. The smallest absolute Gasteiger partial charge is 0.143 e. The second kappa shape index (κ2) is 3.55. The Bertz CT molecular complexity index is 690. The van der Waals surface area contributed by atoms with Crippen molar-refractivity contribution in [3.8, 4) is 11.1 Å². The largest absolute Gasteiger partial charge is 0.397 e. The maximum absolute atomic E-state index is 5.76. The third-order valence-corrected chi connectivity index (χ3v) is 2.68. The van der Waals surface area contributed by atoms with Gasteiger partial charge < -0.3 is 5.73 Å². The van der Waals surface area contributed by atoms with Crippen LogP contribution in [0.3, 0.4) is 0 Å². The van der Waals surface area contributed by atoms with Crippen LogP contribution >= 0.6 is 0 Å². The van der Waals surface area contributed by atoms with Crippen molar-refractivity contribution in [2.24, 2.45) is 0 Å². The van der Waals surface area contributed by atoms with Crippen LogP contribution in [-0.4, -0.2) is 15.3 Å². The van der Waals surface area contributed by atoms with Crippen molar-refractivity contribution in [1.82, 2.24) is 15.3 Å². The van der Waals surface area contributed by atoms with Gasteiger partial charge in [0.2, 0.25) is 0 Å². The fourth-order valence-corrected chi connectivity index (χ4v) is 1.85. The number of nitrogens with zero attached hydrogens (tertiary/aromatic N) is 3. The van der Waals surface area contributed by atoms with Crippen LogP contribution in [0.2, 0.25) is 0 Å². The average molecular weight is 226 g/mol. The molecule has 0 fully saturated rings. The summed E-state index contributed by atoms with van der Waals surface area (Å²) in [6, 6.07) is 7.59. The van der Waals surface area contributed by atoms with Gasteiger partial charge in [0.25, 0.3) is 0 Å². The van der Waals surface area contributed by atoms with Gasteiger partial charge in [-0.05, 0) is 29.4 Å². The molecule has 0 unspecified atom stereocenters. The maximum atomic E-state index is 5.76. The van der Waals surface area contributed by atoms with E-state index in [0.717, 1.165) is 27.9 Å². The number of hydrogen-bond acceptors (Lipinski definition) is 5. The normalized spacial score (nSPS) is 10.9. The molecule has 0 saturated carbocycles. The van der Waals surface area contributed by atoms with E-state index in [2.05, 4.69) is 15.3 Å². The Balaban J connectivity index is 2.34. The van der Waals surface area contributed by atoms with Gasteiger partial charge in [0, 0.05) is 16.8 Å². The zero-order chi connectivity index (χ0) is 11.8. The fraction of sp³-hybridized carbons (Fsp3) is 0.0833. The number of aromatic nitrogens is 3. The molecular weight excluding hydrogens is 216 g/mol.